The van der Waals surface area contributed by atoms with Crippen LogP contribution in [0, 0.1) is 6.92 Å². The second-order valence-electron chi connectivity index (χ2n) is 5.35. The van der Waals surface area contributed by atoms with Crippen molar-refractivity contribution in [2.45, 2.75) is 29.7 Å². The third-order valence-corrected chi connectivity index (χ3v) is 7.11. The second kappa shape index (κ2) is 6.25. The molecule has 1 heterocycles. The van der Waals surface area contributed by atoms with Crippen molar-refractivity contribution in [1.82, 2.24) is 14.3 Å². The van der Waals surface area contributed by atoms with Gasteiger partial charge in [-0.1, -0.05) is 0 Å². The molecular weight excluding hydrogens is 326 g/mol. The minimum atomic E-state index is -3.61. The predicted octanol–water partition coefficient (Wildman–Crippen LogP) is -0.114. The fourth-order valence-corrected chi connectivity index (χ4v) is 5.02. The van der Waals surface area contributed by atoms with E-state index in [2.05, 4.69) is 10.0 Å². The van der Waals surface area contributed by atoms with E-state index in [1.807, 2.05) is 6.92 Å². The fraction of sp³-hybridized carbons (Fsp3) is 0.538. The van der Waals surface area contributed by atoms with E-state index in [0.29, 0.717) is 25.2 Å². The van der Waals surface area contributed by atoms with Crippen LogP contribution in [0.15, 0.2) is 28.0 Å². The van der Waals surface area contributed by atoms with E-state index in [1.165, 1.54) is 29.6 Å². The number of rotatable bonds is 4. The Morgan fingerprint density at radius 3 is 2.50 bits per heavy atom. The molecule has 1 saturated heterocycles. The summed E-state index contributed by atoms with van der Waals surface area (Å²) in [5.74, 6) is 0. The Labute approximate surface area is 131 Å². The maximum Gasteiger partial charge on any atom is 0.243 e. The van der Waals surface area contributed by atoms with Crippen molar-refractivity contribution < 1.29 is 16.8 Å². The van der Waals surface area contributed by atoms with Gasteiger partial charge in [0.05, 0.1) is 9.79 Å². The van der Waals surface area contributed by atoms with E-state index in [9.17, 15) is 16.8 Å². The van der Waals surface area contributed by atoms with Gasteiger partial charge in [0.2, 0.25) is 20.0 Å². The third-order valence-electron chi connectivity index (χ3n) is 3.67. The topological polar surface area (TPSA) is 95.6 Å². The van der Waals surface area contributed by atoms with Crippen molar-refractivity contribution in [2.24, 2.45) is 0 Å². The summed E-state index contributed by atoms with van der Waals surface area (Å²) >= 11 is 0. The molecule has 0 aliphatic carbocycles. The number of hydrogen-bond donors (Lipinski definition) is 2. The van der Waals surface area contributed by atoms with Crippen LogP contribution in [0.4, 0.5) is 0 Å². The number of nitrogens with zero attached hydrogens (tertiary/aromatic N) is 1. The number of hydrogen-bond acceptors (Lipinski definition) is 5. The minimum Gasteiger partial charge on any atom is -0.312 e. The van der Waals surface area contributed by atoms with Crippen LogP contribution < -0.4 is 10.0 Å². The molecule has 9 heteroatoms. The van der Waals surface area contributed by atoms with E-state index in [0.717, 1.165) is 0 Å². The number of benzene rings is 1. The number of sulfonamides is 2. The van der Waals surface area contributed by atoms with Crippen LogP contribution >= 0.6 is 0 Å². The average Bonchev–Trinajstić information content (AvgIpc) is 2.46. The Hall–Kier alpha value is -1.00. The SMILES string of the molecule is CNS(=O)(=O)c1ccc(S(=O)(=O)N2CCNC(C)C2)cc1C. The van der Waals surface area contributed by atoms with E-state index in [1.54, 1.807) is 6.92 Å². The molecule has 0 amide bonds. The average molecular weight is 347 g/mol. The van der Waals surface area contributed by atoms with Gasteiger partial charge in [-0.2, -0.15) is 4.31 Å². The first-order chi connectivity index (χ1) is 10.2. The van der Waals surface area contributed by atoms with Crippen molar-refractivity contribution in [3.63, 3.8) is 0 Å². The summed E-state index contributed by atoms with van der Waals surface area (Å²) in [6.45, 7) is 4.92. The third kappa shape index (κ3) is 3.33. The maximum absolute atomic E-state index is 12.6. The molecule has 7 nitrogen and oxygen atoms in total. The van der Waals surface area contributed by atoms with Gasteiger partial charge in [0.15, 0.2) is 0 Å². The lowest BCUT2D eigenvalue weighted by Crippen LogP contribution is -2.51. The molecule has 2 N–H and O–H groups in total. The summed E-state index contributed by atoms with van der Waals surface area (Å²) < 4.78 is 52.6. The normalized spacial score (nSPS) is 21.0. The quantitative estimate of drug-likeness (QED) is 0.792. The van der Waals surface area contributed by atoms with Crippen LogP contribution in [-0.2, 0) is 20.0 Å². The molecular formula is C13H21N3O4S2. The molecule has 124 valence electrons. The van der Waals surface area contributed by atoms with Crippen LogP contribution in [0.2, 0.25) is 0 Å². The number of piperazine rings is 1. The van der Waals surface area contributed by atoms with Gasteiger partial charge in [0.1, 0.15) is 0 Å². The van der Waals surface area contributed by atoms with Crippen LogP contribution in [0.1, 0.15) is 12.5 Å². The lowest BCUT2D eigenvalue weighted by Gasteiger charge is -2.31. The fourth-order valence-electron chi connectivity index (χ4n) is 2.46. The van der Waals surface area contributed by atoms with Gasteiger partial charge in [0.25, 0.3) is 0 Å². The predicted molar refractivity (Wildman–Crippen MR) is 83.6 cm³/mol. The van der Waals surface area contributed by atoms with Gasteiger partial charge >= 0.3 is 0 Å². The monoisotopic (exact) mass is 347 g/mol. The summed E-state index contributed by atoms with van der Waals surface area (Å²) in [5, 5.41) is 3.19. The van der Waals surface area contributed by atoms with Gasteiger partial charge in [0, 0.05) is 25.7 Å². The molecule has 0 radical (unpaired) electrons. The molecule has 1 fully saturated rings. The van der Waals surface area contributed by atoms with Gasteiger partial charge < -0.3 is 5.32 Å². The first-order valence-electron chi connectivity index (χ1n) is 6.96. The molecule has 1 aliphatic heterocycles. The van der Waals surface area contributed by atoms with Crippen molar-refractivity contribution >= 4 is 20.0 Å². The highest BCUT2D eigenvalue weighted by Crippen LogP contribution is 2.22. The van der Waals surface area contributed by atoms with Crippen LogP contribution in [-0.4, -0.2) is 53.9 Å². The molecule has 1 unspecified atom stereocenters. The summed E-state index contributed by atoms with van der Waals surface area (Å²) in [4.78, 5) is 0.205. The summed E-state index contributed by atoms with van der Waals surface area (Å²) in [6.07, 6.45) is 0. The van der Waals surface area contributed by atoms with Crippen LogP contribution in [0.3, 0.4) is 0 Å². The molecule has 1 aromatic rings. The largest absolute Gasteiger partial charge is 0.312 e. The Morgan fingerprint density at radius 2 is 1.95 bits per heavy atom. The Bertz CT molecular complexity index is 759. The lowest BCUT2D eigenvalue weighted by molar-refractivity contribution is 0.310. The standard InChI is InChI=1S/C13H21N3O4S2/c1-10-8-12(4-5-13(10)21(17,18)14-3)22(19,20)16-7-6-15-11(2)9-16/h4-5,8,11,14-15H,6-7,9H2,1-3H3. The molecule has 0 saturated carbocycles. The zero-order valence-corrected chi connectivity index (χ0v) is 14.5. The maximum atomic E-state index is 12.6. The van der Waals surface area contributed by atoms with Crippen molar-refractivity contribution in [3.05, 3.63) is 23.8 Å². The molecule has 0 bridgehead atoms. The van der Waals surface area contributed by atoms with Crippen molar-refractivity contribution in [1.29, 1.82) is 0 Å². The number of aryl methyl sites for hydroxylation is 1. The zero-order chi connectivity index (χ0) is 16.5. The minimum absolute atomic E-state index is 0.0858. The van der Waals surface area contributed by atoms with Crippen LogP contribution in [0.5, 0.6) is 0 Å². The van der Waals surface area contributed by atoms with Gasteiger partial charge in [-0.05, 0) is 44.7 Å². The summed E-state index contributed by atoms with van der Waals surface area (Å²) in [7, 11) is -5.88. The van der Waals surface area contributed by atoms with Crippen molar-refractivity contribution in [2.75, 3.05) is 26.7 Å². The van der Waals surface area contributed by atoms with Gasteiger partial charge in [-0.3, -0.25) is 0 Å². The van der Waals surface area contributed by atoms with Gasteiger partial charge in [-0.25, -0.2) is 21.6 Å². The van der Waals surface area contributed by atoms with E-state index in [-0.39, 0.29) is 15.8 Å². The highest BCUT2D eigenvalue weighted by atomic mass is 32.2. The molecule has 1 aromatic carbocycles. The Morgan fingerprint density at radius 1 is 1.27 bits per heavy atom. The van der Waals surface area contributed by atoms with E-state index < -0.39 is 20.0 Å². The van der Waals surface area contributed by atoms with E-state index >= 15 is 0 Å². The van der Waals surface area contributed by atoms with Crippen molar-refractivity contribution in [3.8, 4) is 0 Å². The highest BCUT2D eigenvalue weighted by Gasteiger charge is 2.29. The molecule has 0 aromatic heterocycles. The zero-order valence-electron chi connectivity index (χ0n) is 12.8. The molecule has 2 rings (SSSR count). The molecule has 1 aliphatic rings. The van der Waals surface area contributed by atoms with E-state index in [4.69, 9.17) is 0 Å². The second-order valence-corrected chi connectivity index (χ2v) is 9.15. The Balaban J connectivity index is 2.39. The molecule has 22 heavy (non-hydrogen) atoms. The molecule has 0 spiro atoms. The summed E-state index contributed by atoms with van der Waals surface area (Å²) in [6, 6.07) is 4.18. The smallest absolute Gasteiger partial charge is 0.243 e. The van der Waals surface area contributed by atoms with Crippen LogP contribution in [0.25, 0.3) is 0 Å². The molecule has 1 atom stereocenters. The first kappa shape index (κ1) is 17.4. The number of nitrogens with one attached hydrogen (secondary N) is 2. The lowest BCUT2D eigenvalue weighted by atomic mass is 10.2. The Kier molecular flexibility index (Phi) is 4.93. The highest BCUT2D eigenvalue weighted by molar-refractivity contribution is 7.89. The van der Waals surface area contributed by atoms with Gasteiger partial charge in [-0.15, -0.1) is 0 Å². The first-order valence-corrected chi connectivity index (χ1v) is 9.88. The summed E-state index contributed by atoms with van der Waals surface area (Å²) in [5.41, 5.74) is 0.401.